The molecule has 0 saturated carbocycles. The van der Waals surface area contributed by atoms with Crippen LogP contribution in [-0.2, 0) is 6.54 Å². The Labute approximate surface area is 198 Å². The number of fused-ring (bicyclic) bond motifs is 1. The molecule has 1 fully saturated rings. The minimum Gasteiger partial charge on any atom is -0.468 e. The molecule has 3 heterocycles. The third-order valence-electron chi connectivity index (χ3n) is 6.57. The van der Waals surface area contributed by atoms with E-state index in [1.165, 1.54) is 11.3 Å². The van der Waals surface area contributed by atoms with Gasteiger partial charge in [-0.3, -0.25) is 24.2 Å². The van der Waals surface area contributed by atoms with Crippen molar-refractivity contribution in [2.24, 2.45) is 0 Å². The normalized spacial score (nSPS) is 17.0. The van der Waals surface area contributed by atoms with Crippen molar-refractivity contribution in [3.8, 4) is 0 Å². The van der Waals surface area contributed by atoms with Gasteiger partial charge in [0.25, 0.3) is 17.7 Å². The Bertz CT molecular complexity index is 1160. The largest absolute Gasteiger partial charge is 0.468 e. The molecular formula is C27H27N3O4. The van der Waals surface area contributed by atoms with Crippen molar-refractivity contribution < 1.29 is 18.8 Å². The van der Waals surface area contributed by atoms with Gasteiger partial charge in [-0.25, -0.2) is 0 Å². The Balaban J connectivity index is 1.26. The van der Waals surface area contributed by atoms with Crippen molar-refractivity contribution in [1.82, 2.24) is 15.1 Å². The van der Waals surface area contributed by atoms with Crippen LogP contribution in [0.5, 0.6) is 0 Å². The van der Waals surface area contributed by atoms with E-state index in [-0.39, 0.29) is 30.3 Å². The van der Waals surface area contributed by atoms with E-state index in [0.717, 1.165) is 37.3 Å². The van der Waals surface area contributed by atoms with Gasteiger partial charge in [-0.15, -0.1) is 0 Å². The summed E-state index contributed by atoms with van der Waals surface area (Å²) in [6.07, 6.45) is 5.18. The number of carbonyl (C=O) groups excluding carboxylic acids is 3. The number of nitrogens with zero attached hydrogens (tertiary/aromatic N) is 2. The molecule has 2 aliphatic heterocycles. The lowest BCUT2D eigenvalue weighted by Gasteiger charge is -2.33. The van der Waals surface area contributed by atoms with E-state index < -0.39 is 0 Å². The van der Waals surface area contributed by atoms with E-state index in [1.54, 1.807) is 48.7 Å². The number of benzene rings is 2. The predicted molar refractivity (Wildman–Crippen MR) is 126 cm³/mol. The van der Waals surface area contributed by atoms with Crippen molar-refractivity contribution in [3.05, 3.63) is 94.9 Å². The zero-order valence-electron chi connectivity index (χ0n) is 18.9. The predicted octanol–water partition coefficient (Wildman–Crippen LogP) is 4.03. The monoisotopic (exact) mass is 457 g/mol. The summed E-state index contributed by atoms with van der Waals surface area (Å²) in [4.78, 5) is 41.9. The van der Waals surface area contributed by atoms with E-state index in [9.17, 15) is 14.4 Å². The van der Waals surface area contributed by atoms with Crippen LogP contribution in [0.4, 0.5) is 0 Å². The first-order valence-corrected chi connectivity index (χ1v) is 11.7. The van der Waals surface area contributed by atoms with E-state index in [2.05, 4.69) is 10.2 Å². The number of imide groups is 1. The molecule has 1 atom stereocenters. The average molecular weight is 458 g/mol. The second kappa shape index (κ2) is 9.65. The highest BCUT2D eigenvalue weighted by atomic mass is 16.3. The highest BCUT2D eigenvalue weighted by Gasteiger charge is 2.35. The number of carbonyl (C=O) groups is 3. The number of hydrogen-bond acceptors (Lipinski definition) is 5. The number of likely N-dealkylation sites (tertiary alicyclic amines) is 1. The molecule has 1 saturated heterocycles. The molecule has 5 rings (SSSR count). The lowest BCUT2D eigenvalue weighted by molar-refractivity contribution is 0.0642. The number of hydrogen-bond donors (Lipinski definition) is 1. The van der Waals surface area contributed by atoms with Crippen LogP contribution in [0, 0.1) is 0 Å². The minimum atomic E-state index is -0.307. The fourth-order valence-corrected chi connectivity index (χ4v) is 4.79. The molecule has 3 aromatic rings. The van der Waals surface area contributed by atoms with Crippen LogP contribution in [0.25, 0.3) is 0 Å². The quantitative estimate of drug-likeness (QED) is 0.542. The first kappa shape index (κ1) is 22.1. The number of furan rings is 1. The Morgan fingerprint density at radius 2 is 1.65 bits per heavy atom. The van der Waals surface area contributed by atoms with Crippen LogP contribution in [0.3, 0.4) is 0 Å². The second-order valence-electron chi connectivity index (χ2n) is 8.78. The Morgan fingerprint density at radius 1 is 0.912 bits per heavy atom. The van der Waals surface area contributed by atoms with Crippen molar-refractivity contribution >= 4 is 17.7 Å². The molecule has 7 nitrogen and oxygen atoms in total. The van der Waals surface area contributed by atoms with Gasteiger partial charge >= 0.3 is 0 Å². The fraction of sp³-hybridized carbons (Fsp3) is 0.296. The Morgan fingerprint density at radius 3 is 2.32 bits per heavy atom. The van der Waals surface area contributed by atoms with Crippen LogP contribution in [0.2, 0.25) is 0 Å². The van der Waals surface area contributed by atoms with Gasteiger partial charge in [-0.1, -0.05) is 30.7 Å². The lowest BCUT2D eigenvalue weighted by Crippen LogP contribution is -2.40. The smallest absolute Gasteiger partial charge is 0.261 e. The summed E-state index contributed by atoms with van der Waals surface area (Å²) in [5.41, 5.74) is 2.05. The molecule has 3 amide bonds. The standard InChI is InChI=1S/C27H27N3O4/c31-25(28-17-23(24-12-7-15-34-24)29-13-4-1-5-14-29)20-9-6-8-19(16-20)18-30-26(32)21-10-2-3-11-22(21)27(30)33/h2-3,6-12,15-16,23H,1,4-5,13-14,17-18H2,(H,28,31). The number of nitrogens with one attached hydrogen (secondary N) is 1. The van der Waals surface area contributed by atoms with Crippen LogP contribution in [-0.4, -0.2) is 47.2 Å². The first-order valence-electron chi connectivity index (χ1n) is 11.7. The molecule has 34 heavy (non-hydrogen) atoms. The van der Waals surface area contributed by atoms with E-state index in [4.69, 9.17) is 4.42 Å². The topological polar surface area (TPSA) is 82.9 Å². The van der Waals surface area contributed by atoms with Gasteiger partial charge in [0.1, 0.15) is 5.76 Å². The summed E-state index contributed by atoms with van der Waals surface area (Å²) in [5.74, 6) is 0.0379. The van der Waals surface area contributed by atoms with Crippen molar-refractivity contribution in [1.29, 1.82) is 0 Å². The highest BCUT2D eigenvalue weighted by Crippen LogP contribution is 2.26. The summed E-state index contributed by atoms with van der Waals surface area (Å²) in [6.45, 7) is 2.53. The van der Waals surface area contributed by atoms with Gasteiger partial charge in [-0.05, 0) is 67.9 Å². The van der Waals surface area contributed by atoms with Crippen molar-refractivity contribution in [2.75, 3.05) is 19.6 Å². The summed E-state index contributed by atoms with van der Waals surface area (Å²) in [7, 11) is 0. The molecule has 1 aromatic heterocycles. The second-order valence-corrected chi connectivity index (χ2v) is 8.78. The molecule has 1 N–H and O–H groups in total. The van der Waals surface area contributed by atoms with E-state index >= 15 is 0 Å². The van der Waals surface area contributed by atoms with Crippen molar-refractivity contribution in [2.45, 2.75) is 31.8 Å². The average Bonchev–Trinajstić information content (AvgIpc) is 3.49. The Hall–Kier alpha value is -3.71. The summed E-state index contributed by atoms with van der Waals surface area (Å²) in [5, 5.41) is 3.05. The maximum absolute atomic E-state index is 13.0. The Kier molecular flexibility index (Phi) is 6.27. The molecule has 7 heteroatoms. The van der Waals surface area contributed by atoms with Crippen LogP contribution < -0.4 is 5.32 Å². The van der Waals surface area contributed by atoms with E-state index in [0.29, 0.717) is 23.2 Å². The number of amides is 3. The van der Waals surface area contributed by atoms with Gasteiger partial charge in [0.15, 0.2) is 0 Å². The van der Waals surface area contributed by atoms with Crippen molar-refractivity contribution in [3.63, 3.8) is 0 Å². The maximum Gasteiger partial charge on any atom is 0.261 e. The maximum atomic E-state index is 13.0. The van der Waals surface area contributed by atoms with Crippen LogP contribution in [0.1, 0.15) is 67.7 Å². The third kappa shape index (κ3) is 4.39. The SMILES string of the molecule is O=C(NCC(c1ccco1)N1CCCCC1)c1cccc(CN2C(=O)c3ccccc3C2=O)c1. The van der Waals surface area contributed by atoms with Crippen LogP contribution in [0.15, 0.2) is 71.3 Å². The zero-order valence-corrected chi connectivity index (χ0v) is 18.9. The lowest BCUT2D eigenvalue weighted by atomic mass is 10.1. The fourth-order valence-electron chi connectivity index (χ4n) is 4.79. The molecular weight excluding hydrogens is 430 g/mol. The molecule has 0 spiro atoms. The van der Waals surface area contributed by atoms with Gasteiger partial charge in [0, 0.05) is 12.1 Å². The number of rotatable bonds is 7. The van der Waals surface area contributed by atoms with E-state index in [1.807, 2.05) is 18.2 Å². The molecule has 0 aliphatic carbocycles. The minimum absolute atomic E-state index is 0.0132. The van der Waals surface area contributed by atoms with Gasteiger partial charge in [-0.2, -0.15) is 0 Å². The molecule has 2 aromatic carbocycles. The van der Waals surface area contributed by atoms with Crippen LogP contribution >= 0.6 is 0 Å². The number of piperidine rings is 1. The summed E-state index contributed by atoms with van der Waals surface area (Å²) >= 11 is 0. The van der Waals surface area contributed by atoms with Gasteiger partial charge in [0.05, 0.1) is 30.0 Å². The molecule has 2 aliphatic rings. The first-order chi connectivity index (χ1) is 16.6. The molecule has 0 bridgehead atoms. The summed E-state index contributed by atoms with van der Waals surface area (Å²) in [6, 6.07) is 17.7. The zero-order chi connectivity index (χ0) is 23.5. The molecule has 1 unspecified atom stereocenters. The highest BCUT2D eigenvalue weighted by molar-refractivity contribution is 6.21. The third-order valence-corrected chi connectivity index (χ3v) is 6.57. The van der Waals surface area contributed by atoms with Gasteiger partial charge < -0.3 is 9.73 Å². The molecule has 0 radical (unpaired) electrons. The molecule has 174 valence electrons. The summed E-state index contributed by atoms with van der Waals surface area (Å²) < 4.78 is 5.66. The van der Waals surface area contributed by atoms with Gasteiger partial charge in [0.2, 0.25) is 0 Å².